The van der Waals surface area contributed by atoms with Gasteiger partial charge in [-0.05, 0) is 116 Å². The van der Waals surface area contributed by atoms with Crippen LogP contribution in [0.3, 0.4) is 0 Å². The van der Waals surface area contributed by atoms with E-state index in [1.807, 2.05) is 66.7 Å². The van der Waals surface area contributed by atoms with Gasteiger partial charge in [0.05, 0.1) is 0 Å². The topological polar surface area (TPSA) is 64.5 Å². The summed E-state index contributed by atoms with van der Waals surface area (Å²) in [5.41, 5.74) is 0. The van der Waals surface area contributed by atoms with Crippen LogP contribution in [-0.2, 0) is 0 Å². The minimum Gasteiger partial charge on any atom is -0.248 e. The van der Waals surface area contributed by atoms with Crippen LogP contribution in [0.4, 0.5) is 0 Å². The summed E-state index contributed by atoms with van der Waals surface area (Å²) in [7, 11) is 0. The van der Waals surface area contributed by atoms with Crippen LogP contribution in [0.25, 0.3) is 0 Å². The molecule has 0 atom stereocenters. The van der Waals surface area contributed by atoms with E-state index in [2.05, 4.69) is 63.9 Å². The van der Waals surface area contributed by atoms with Gasteiger partial charge >= 0.3 is 0 Å². The molecule has 0 aliphatic heterocycles. The molecule has 0 N–H and O–H groups in total. The predicted molar refractivity (Wildman–Crippen MR) is 153 cm³/mol. The third kappa shape index (κ3) is 7.11. The van der Waals surface area contributed by atoms with E-state index < -0.39 is 0 Å². The molecule has 5 aromatic heterocycles. The summed E-state index contributed by atoms with van der Waals surface area (Å²) < 4.78 is 1.61. The van der Waals surface area contributed by atoms with Gasteiger partial charge in [0.1, 0.15) is 39.4 Å². The van der Waals surface area contributed by atoms with Crippen LogP contribution < -0.4 is 0 Å². The number of hydrogen-bond donors (Lipinski definition) is 0. The number of pyridine rings is 5. The van der Waals surface area contributed by atoms with Gasteiger partial charge in [0.15, 0.2) is 0 Å². The fourth-order valence-corrected chi connectivity index (χ4v) is 7.51. The molecule has 11 heteroatoms. The van der Waals surface area contributed by atoms with Gasteiger partial charge in [0, 0.05) is 22.2 Å². The van der Waals surface area contributed by atoms with Crippen molar-refractivity contribution in [2.24, 2.45) is 0 Å². The molecule has 0 aromatic carbocycles. The molecule has 0 aliphatic rings. The molecule has 0 radical (unpaired) electrons. The molecule has 5 heterocycles. The summed E-state index contributed by atoms with van der Waals surface area (Å²) in [6, 6.07) is 25.7. The zero-order valence-electron chi connectivity index (χ0n) is 18.3. The maximum atomic E-state index is 4.87. The molecule has 0 saturated heterocycles. The van der Waals surface area contributed by atoms with Gasteiger partial charge in [-0.1, -0.05) is 41.7 Å². The van der Waals surface area contributed by atoms with E-state index >= 15 is 0 Å². The normalized spacial score (nSPS) is 10.9. The first kappa shape index (κ1) is 25.7. The first-order valence-corrected chi connectivity index (χ1v) is 15.3. The number of rotatable bonds is 8. The molecular weight excluding hydrogens is 658 g/mol. The Bertz CT molecular complexity index is 1400. The van der Waals surface area contributed by atoms with Gasteiger partial charge in [-0.3, -0.25) is 0 Å². The summed E-state index contributed by atoms with van der Waals surface area (Å²) in [6.07, 6.45) is 3.60. The minimum atomic E-state index is 0.805. The number of nitrogens with zero attached hydrogens (tertiary/aromatic N) is 5. The Kier molecular flexibility index (Phi) is 8.99. The molecule has 5 aromatic rings. The van der Waals surface area contributed by atoms with Gasteiger partial charge < -0.3 is 0 Å². The third-order valence-electron chi connectivity index (χ3n) is 4.38. The van der Waals surface area contributed by atoms with Crippen LogP contribution in [0, 0.1) is 0 Å². The molecule has 0 saturated carbocycles. The smallest absolute Gasteiger partial charge is 0.116 e. The Morgan fingerprint density at radius 1 is 0.444 bits per heavy atom. The lowest BCUT2D eigenvalue weighted by Crippen LogP contribution is -1.90. The van der Waals surface area contributed by atoms with E-state index in [-0.39, 0.29) is 0 Å². The lowest BCUT2D eigenvalue weighted by molar-refractivity contribution is 0.967. The van der Waals surface area contributed by atoms with Gasteiger partial charge in [-0.25, -0.2) is 24.9 Å². The Hall–Kier alpha value is -1.89. The lowest BCUT2D eigenvalue weighted by atomic mass is 10.5. The van der Waals surface area contributed by atoms with E-state index in [9.17, 15) is 0 Å². The lowest BCUT2D eigenvalue weighted by Gasteiger charge is -2.09. The third-order valence-corrected chi connectivity index (χ3v) is 9.40. The highest BCUT2D eigenvalue weighted by Gasteiger charge is 2.13. The number of hydrogen-bond acceptors (Lipinski definition) is 9. The van der Waals surface area contributed by atoms with Crippen LogP contribution in [-0.4, -0.2) is 24.9 Å². The summed E-state index contributed by atoms with van der Waals surface area (Å²) in [5.74, 6) is 0. The molecule has 36 heavy (non-hydrogen) atoms. The van der Waals surface area contributed by atoms with Crippen molar-refractivity contribution >= 4 is 78.9 Å². The Morgan fingerprint density at radius 2 is 0.861 bits per heavy atom. The Morgan fingerprint density at radius 3 is 1.31 bits per heavy atom. The SMILES string of the molecule is Brc1cccc(Sc2cccnc2Sc2cccc(Sc3ncccc3Sc3cccc(Br)n3)n2)n1. The van der Waals surface area contributed by atoms with E-state index in [1.165, 1.54) is 23.5 Å². The quantitative estimate of drug-likeness (QED) is 0.151. The monoisotopic (exact) mass is 671 g/mol. The minimum absolute atomic E-state index is 0.805. The molecule has 0 bridgehead atoms. The zero-order chi connectivity index (χ0) is 24.7. The van der Waals surface area contributed by atoms with Crippen molar-refractivity contribution in [1.29, 1.82) is 0 Å². The van der Waals surface area contributed by atoms with Crippen molar-refractivity contribution in [1.82, 2.24) is 24.9 Å². The molecule has 0 spiro atoms. The predicted octanol–water partition coefficient (Wildman–Crippen LogP) is 8.79. The molecular formula is C25H15Br2N5S4. The van der Waals surface area contributed by atoms with E-state index in [0.717, 1.165) is 49.2 Å². The van der Waals surface area contributed by atoms with Crippen molar-refractivity contribution < 1.29 is 0 Å². The average molecular weight is 674 g/mol. The molecule has 0 amide bonds. The second-order valence-electron chi connectivity index (χ2n) is 6.93. The molecule has 5 rings (SSSR count). The van der Waals surface area contributed by atoms with Crippen molar-refractivity contribution in [2.45, 2.75) is 39.9 Å². The molecule has 0 unspecified atom stereocenters. The average Bonchev–Trinajstić information content (AvgIpc) is 2.87. The summed E-state index contributed by atoms with van der Waals surface area (Å²) >= 11 is 13.1. The van der Waals surface area contributed by atoms with Gasteiger partial charge in [0.2, 0.25) is 0 Å². The second kappa shape index (κ2) is 12.6. The number of halogens is 2. The van der Waals surface area contributed by atoms with Crippen LogP contribution in [0.2, 0.25) is 0 Å². The van der Waals surface area contributed by atoms with Crippen LogP contribution >= 0.6 is 78.9 Å². The molecule has 0 aliphatic carbocycles. The van der Waals surface area contributed by atoms with E-state index in [1.54, 1.807) is 35.9 Å². The van der Waals surface area contributed by atoms with E-state index in [0.29, 0.717) is 0 Å². The van der Waals surface area contributed by atoms with Crippen molar-refractivity contribution in [3.8, 4) is 0 Å². The summed E-state index contributed by atoms with van der Waals surface area (Å²) in [6.45, 7) is 0. The maximum Gasteiger partial charge on any atom is 0.116 e. The fourth-order valence-electron chi connectivity index (χ4n) is 2.89. The Balaban J connectivity index is 1.34. The van der Waals surface area contributed by atoms with Gasteiger partial charge in [0.25, 0.3) is 0 Å². The van der Waals surface area contributed by atoms with Crippen molar-refractivity contribution in [2.75, 3.05) is 0 Å². The second-order valence-corrected chi connectivity index (χ2v) is 12.7. The van der Waals surface area contributed by atoms with E-state index in [4.69, 9.17) is 4.98 Å². The summed E-state index contributed by atoms with van der Waals surface area (Å²) in [5, 5.41) is 5.29. The molecule has 0 fully saturated rings. The molecule has 178 valence electrons. The number of aromatic nitrogens is 5. The molecule has 5 nitrogen and oxygen atoms in total. The highest BCUT2D eigenvalue weighted by atomic mass is 79.9. The largest absolute Gasteiger partial charge is 0.248 e. The summed E-state index contributed by atoms with van der Waals surface area (Å²) in [4.78, 5) is 25.2. The van der Waals surface area contributed by atoms with Gasteiger partial charge in [-0.15, -0.1) is 0 Å². The highest BCUT2D eigenvalue weighted by Crippen LogP contribution is 2.39. The maximum absolute atomic E-state index is 4.87. The van der Waals surface area contributed by atoms with Crippen molar-refractivity contribution in [3.05, 3.63) is 100 Å². The van der Waals surface area contributed by atoms with Crippen LogP contribution in [0.15, 0.2) is 140 Å². The zero-order valence-corrected chi connectivity index (χ0v) is 24.7. The van der Waals surface area contributed by atoms with Crippen LogP contribution in [0.1, 0.15) is 0 Å². The van der Waals surface area contributed by atoms with Crippen molar-refractivity contribution in [3.63, 3.8) is 0 Å². The highest BCUT2D eigenvalue weighted by molar-refractivity contribution is 9.10. The van der Waals surface area contributed by atoms with Crippen LogP contribution in [0.5, 0.6) is 0 Å². The fraction of sp³-hybridized carbons (Fsp3) is 0. The first-order valence-electron chi connectivity index (χ1n) is 10.5. The standard InChI is InChI=1S/C25H15Br2N5S4/c26-18-8-1-10-20(30-18)33-16-6-4-14-28-24(16)35-22-12-3-13-23(32-22)36-25-17(7-5-15-29-25)34-21-11-2-9-19(27)31-21/h1-15H. The first-order chi connectivity index (χ1) is 17.6. The Labute approximate surface area is 242 Å². The van der Waals surface area contributed by atoms with Gasteiger partial charge in [-0.2, -0.15) is 0 Å².